The highest BCUT2D eigenvalue weighted by Gasteiger charge is 2.04. The van der Waals surface area contributed by atoms with Crippen molar-refractivity contribution in [2.75, 3.05) is 12.4 Å². The number of benzene rings is 3. The van der Waals surface area contributed by atoms with Gasteiger partial charge in [-0.25, -0.2) is 4.99 Å². The van der Waals surface area contributed by atoms with Crippen molar-refractivity contribution in [2.24, 2.45) is 10.7 Å². The number of nitrogens with two attached hydrogens (primary N) is 1. The third-order valence-corrected chi connectivity index (χ3v) is 3.70. The summed E-state index contributed by atoms with van der Waals surface area (Å²) >= 11 is 0. The van der Waals surface area contributed by atoms with E-state index in [4.69, 9.17) is 15.2 Å². The Morgan fingerprint density at radius 2 is 1.52 bits per heavy atom. The third kappa shape index (κ3) is 6.18. The van der Waals surface area contributed by atoms with Crippen molar-refractivity contribution >= 4 is 35.6 Å². The molecular formula is C21H22IN3O2. The summed E-state index contributed by atoms with van der Waals surface area (Å²) in [5.74, 6) is 2.49. The first-order chi connectivity index (χ1) is 12.7. The van der Waals surface area contributed by atoms with Gasteiger partial charge in [0.05, 0.1) is 13.7 Å². The molecule has 27 heavy (non-hydrogen) atoms. The van der Waals surface area contributed by atoms with E-state index in [9.17, 15) is 0 Å². The van der Waals surface area contributed by atoms with Crippen LogP contribution in [0.1, 0.15) is 5.56 Å². The van der Waals surface area contributed by atoms with Crippen LogP contribution < -0.4 is 20.5 Å². The second-order valence-corrected chi connectivity index (χ2v) is 5.59. The van der Waals surface area contributed by atoms with Crippen LogP contribution in [-0.2, 0) is 6.54 Å². The van der Waals surface area contributed by atoms with Gasteiger partial charge < -0.3 is 20.5 Å². The number of hydrogen-bond acceptors (Lipinski definition) is 3. The molecule has 0 aliphatic rings. The van der Waals surface area contributed by atoms with Gasteiger partial charge in [-0.2, -0.15) is 0 Å². The Labute approximate surface area is 176 Å². The summed E-state index contributed by atoms with van der Waals surface area (Å²) in [6.07, 6.45) is 0. The van der Waals surface area contributed by atoms with Crippen molar-refractivity contribution in [3.63, 3.8) is 0 Å². The zero-order chi connectivity index (χ0) is 18.2. The van der Waals surface area contributed by atoms with Gasteiger partial charge in [0.15, 0.2) is 17.5 Å². The molecule has 0 radical (unpaired) electrons. The number of ether oxygens (including phenoxy) is 2. The average molecular weight is 475 g/mol. The molecular weight excluding hydrogens is 453 g/mol. The van der Waals surface area contributed by atoms with Gasteiger partial charge in [0.2, 0.25) is 0 Å². The quantitative estimate of drug-likeness (QED) is 0.298. The number of para-hydroxylation sites is 3. The second kappa shape index (κ2) is 10.4. The molecule has 5 nitrogen and oxygen atoms in total. The molecule has 0 spiro atoms. The van der Waals surface area contributed by atoms with Crippen LogP contribution in [0.3, 0.4) is 0 Å². The van der Waals surface area contributed by atoms with E-state index in [-0.39, 0.29) is 24.0 Å². The molecule has 0 amide bonds. The number of anilines is 1. The van der Waals surface area contributed by atoms with E-state index in [1.165, 1.54) is 0 Å². The highest BCUT2D eigenvalue weighted by molar-refractivity contribution is 14.0. The van der Waals surface area contributed by atoms with Crippen LogP contribution in [0.2, 0.25) is 0 Å². The average Bonchev–Trinajstić information content (AvgIpc) is 2.69. The maximum atomic E-state index is 5.92. The molecule has 3 aromatic rings. The standard InChI is InChI=1S/C21H21N3O2.HI/c1-25-19-9-5-6-10-20(19)26-18-13-11-16(12-14-18)15-23-21(22)24-17-7-3-2-4-8-17;/h2-14H,15H2,1H3,(H3,22,23,24);1H. The zero-order valence-corrected chi connectivity index (χ0v) is 17.3. The summed E-state index contributed by atoms with van der Waals surface area (Å²) in [6, 6.07) is 25.0. The van der Waals surface area contributed by atoms with Crippen LogP contribution in [0, 0.1) is 0 Å². The van der Waals surface area contributed by atoms with E-state index in [2.05, 4.69) is 10.3 Å². The summed E-state index contributed by atoms with van der Waals surface area (Å²) in [6.45, 7) is 0.487. The Hall–Kier alpha value is -2.74. The number of rotatable bonds is 6. The van der Waals surface area contributed by atoms with Crippen molar-refractivity contribution in [1.82, 2.24) is 0 Å². The summed E-state index contributed by atoms with van der Waals surface area (Å²) in [7, 11) is 1.62. The number of methoxy groups -OCH3 is 1. The second-order valence-electron chi connectivity index (χ2n) is 5.59. The smallest absolute Gasteiger partial charge is 0.193 e. The van der Waals surface area contributed by atoms with Gasteiger partial charge >= 0.3 is 0 Å². The van der Waals surface area contributed by atoms with Crippen LogP contribution >= 0.6 is 24.0 Å². The lowest BCUT2D eigenvalue weighted by atomic mass is 10.2. The summed E-state index contributed by atoms with van der Waals surface area (Å²) in [5.41, 5.74) is 7.87. The van der Waals surface area contributed by atoms with Gasteiger partial charge in [-0.05, 0) is 42.0 Å². The first-order valence-electron chi connectivity index (χ1n) is 8.26. The van der Waals surface area contributed by atoms with Gasteiger partial charge in [-0.1, -0.05) is 42.5 Å². The predicted molar refractivity (Wildman–Crippen MR) is 120 cm³/mol. The molecule has 0 unspecified atom stereocenters. The molecule has 140 valence electrons. The number of nitrogens with zero attached hydrogens (tertiary/aromatic N) is 1. The molecule has 0 aromatic heterocycles. The van der Waals surface area contributed by atoms with Crippen LogP contribution in [0.25, 0.3) is 0 Å². The third-order valence-electron chi connectivity index (χ3n) is 3.70. The molecule has 0 heterocycles. The molecule has 0 bridgehead atoms. The lowest BCUT2D eigenvalue weighted by Crippen LogP contribution is -2.22. The molecule has 0 saturated carbocycles. The van der Waals surface area contributed by atoms with E-state index in [0.29, 0.717) is 24.0 Å². The molecule has 3 N–H and O–H groups in total. The van der Waals surface area contributed by atoms with Gasteiger partial charge in [0.1, 0.15) is 5.75 Å². The summed E-state index contributed by atoms with van der Waals surface area (Å²) in [5, 5.41) is 3.06. The first kappa shape index (κ1) is 20.6. The van der Waals surface area contributed by atoms with Gasteiger partial charge in [-0.15, -0.1) is 24.0 Å². The minimum absolute atomic E-state index is 0. The molecule has 0 saturated heterocycles. The highest BCUT2D eigenvalue weighted by Crippen LogP contribution is 2.30. The van der Waals surface area contributed by atoms with E-state index in [1.807, 2.05) is 78.9 Å². The van der Waals surface area contributed by atoms with Crippen LogP contribution in [0.15, 0.2) is 83.9 Å². The Morgan fingerprint density at radius 1 is 0.889 bits per heavy atom. The molecule has 3 rings (SSSR count). The lowest BCUT2D eigenvalue weighted by molar-refractivity contribution is 0.379. The largest absolute Gasteiger partial charge is 0.493 e. The predicted octanol–water partition coefficient (Wildman–Crippen LogP) is 5.03. The fourth-order valence-electron chi connectivity index (χ4n) is 2.38. The van der Waals surface area contributed by atoms with E-state index in [0.717, 1.165) is 17.0 Å². The van der Waals surface area contributed by atoms with E-state index >= 15 is 0 Å². The number of nitrogens with one attached hydrogen (secondary N) is 1. The van der Waals surface area contributed by atoms with Crippen molar-refractivity contribution in [2.45, 2.75) is 6.54 Å². The van der Waals surface area contributed by atoms with Crippen LogP contribution in [0.4, 0.5) is 5.69 Å². The SMILES string of the molecule is COc1ccccc1Oc1ccc(CN=C(N)Nc2ccccc2)cc1.I. The Bertz CT molecular complexity index is 868. The molecule has 0 atom stereocenters. The number of hydrogen-bond donors (Lipinski definition) is 2. The van der Waals surface area contributed by atoms with Crippen LogP contribution in [-0.4, -0.2) is 13.1 Å². The topological polar surface area (TPSA) is 68.9 Å². The van der Waals surface area contributed by atoms with E-state index in [1.54, 1.807) is 7.11 Å². The zero-order valence-electron chi connectivity index (χ0n) is 15.0. The molecule has 0 aliphatic carbocycles. The van der Waals surface area contributed by atoms with Gasteiger partial charge in [-0.3, -0.25) is 0 Å². The minimum Gasteiger partial charge on any atom is -0.493 e. The Morgan fingerprint density at radius 3 is 2.19 bits per heavy atom. The molecule has 0 fully saturated rings. The number of aliphatic imine (C=N–C) groups is 1. The molecule has 3 aromatic carbocycles. The Balaban J connectivity index is 0.00000261. The molecule has 6 heteroatoms. The highest BCUT2D eigenvalue weighted by atomic mass is 127. The number of guanidine groups is 1. The minimum atomic E-state index is 0. The molecule has 0 aliphatic heterocycles. The van der Waals surface area contributed by atoms with Crippen molar-refractivity contribution in [1.29, 1.82) is 0 Å². The van der Waals surface area contributed by atoms with Crippen molar-refractivity contribution in [3.8, 4) is 17.2 Å². The number of halogens is 1. The van der Waals surface area contributed by atoms with Gasteiger partial charge in [0, 0.05) is 5.69 Å². The maximum absolute atomic E-state index is 5.92. The normalized spacial score (nSPS) is 10.6. The Kier molecular flexibility index (Phi) is 7.94. The summed E-state index contributed by atoms with van der Waals surface area (Å²) < 4.78 is 11.2. The fourth-order valence-corrected chi connectivity index (χ4v) is 2.38. The summed E-state index contributed by atoms with van der Waals surface area (Å²) in [4.78, 5) is 4.35. The monoisotopic (exact) mass is 475 g/mol. The maximum Gasteiger partial charge on any atom is 0.193 e. The van der Waals surface area contributed by atoms with Crippen LogP contribution in [0.5, 0.6) is 17.2 Å². The lowest BCUT2D eigenvalue weighted by Gasteiger charge is -2.10. The van der Waals surface area contributed by atoms with Gasteiger partial charge in [0.25, 0.3) is 0 Å². The van der Waals surface area contributed by atoms with Crippen molar-refractivity contribution < 1.29 is 9.47 Å². The fraction of sp³-hybridized carbons (Fsp3) is 0.0952. The first-order valence-corrected chi connectivity index (χ1v) is 8.26. The van der Waals surface area contributed by atoms with E-state index < -0.39 is 0 Å². The van der Waals surface area contributed by atoms with Crippen molar-refractivity contribution in [3.05, 3.63) is 84.4 Å².